The molecule has 8 nitrogen and oxygen atoms in total. The Kier molecular flexibility index (Phi) is 9.85. The Morgan fingerprint density at radius 1 is 0.771 bits per heavy atom. The van der Waals surface area contributed by atoms with Crippen molar-refractivity contribution in [1.29, 1.82) is 0 Å². The second-order valence-corrected chi connectivity index (χ2v) is 11.8. The number of ether oxygens (including phenoxy) is 3. The lowest BCUT2D eigenvalue weighted by Gasteiger charge is -2.17. The zero-order valence-corrected chi connectivity index (χ0v) is 26.8. The molecular formula is C38H27Cl2NO7. The minimum Gasteiger partial charge on any atom is -0.457 e. The molecule has 6 rings (SSSR count). The summed E-state index contributed by atoms with van der Waals surface area (Å²) in [4.78, 5) is 52.3. The van der Waals surface area contributed by atoms with Crippen LogP contribution in [0.5, 0.6) is 17.2 Å². The lowest BCUT2D eigenvalue weighted by Crippen LogP contribution is -2.27. The highest BCUT2D eigenvalue weighted by Gasteiger charge is 2.36. The van der Waals surface area contributed by atoms with Gasteiger partial charge in [0.2, 0.25) is 5.91 Å². The number of para-hydroxylation sites is 1. The number of esters is 2. The number of carbonyl (C=O) groups is 4. The second-order valence-electron chi connectivity index (χ2n) is 10.9. The Morgan fingerprint density at radius 3 is 2.19 bits per heavy atom. The summed E-state index contributed by atoms with van der Waals surface area (Å²) in [6.07, 6.45) is -0.0343. The van der Waals surface area contributed by atoms with Gasteiger partial charge in [0.05, 0.1) is 16.5 Å². The van der Waals surface area contributed by atoms with E-state index in [1.54, 1.807) is 24.3 Å². The van der Waals surface area contributed by atoms with Crippen molar-refractivity contribution in [1.82, 2.24) is 0 Å². The fourth-order valence-corrected chi connectivity index (χ4v) is 5.70. The van der Waals surface area contributed by atoms with E-state index in [2.05, 4.69) is 0 Å². The van der Waals surface area contributed by atoms with E-state index in [1.807, 2.05) is 54.6 Å². The van der Waals surface area contributed by atoms with Crippen molar-refractivity contribution >= 4 is 52.5 Å². The molecule has 0 saturated carbocycles. The van der Waals surface area contributed by atoms with Gasteiger partial charge >= 0.3 is 11.9 Å². The first-order valence-electron chi connectivity index (χ1n) is 14.9. The minimum absolute atomic E-state index is 0.0343. The van der Waals surface area contributed by atoms with Crippen LogP contribution in [-0.4, -0.2) is 36.8 Å². The van der Waals surface area contributed by atoms with E-state index >= 15 is 0 Å². The van der Waals surface area contributed by atoms with Gasteiger partial charge in [-0.3, -0.25) is 14.4 Å². The minimum atomic E-state index is -0.722. The standard InChI is InChI=1S/C38H27Cl2NO7/c39-27-12-19-32(33(40)21-27)38(45)48-30-15-10-25(11-16-30)34(42)23-46-37(44)26-20-36(43)41(22-26)28-13-17-29(18-14-28)47-35-9-5-4-8-31(35)24-6-2-1-3-7-24/h1-19,21,26H,20,22-23H2/t26-/m1/s1. The van der Waals surface area contributed by atoms with Crippen molar-refractivity contribution in [3.8, 4) is 28.4 Å². The molecule has 10 heteroatoms. The SMILES string of the molecule is O=C(COC(=O)[C@@H]1CC(=O)N(c2ccc(Oc3ccccc3-c3ccccc3)cc2)C1)c1ccc(OC(=O)c2ccc(Cl)cc2Cl)cc1. The molecule has 0 radical (unpaired) electrons. The average molecular weight is 681 g/mol. The van der Waals surface area contributed by atoms with E-state index in [9.17, 15) is 19.2 Å². The number of amides is 1. The topological polar surface area (TPSA) is 99.2 Å². The van der Waals surface area contributed by atoms with Crippen LogP contribution in [0.15, 0.2) is 121 Å². The summed E-state index contributed by atoms with van der Waals surface area (Å²) in [5.74, 6) is -1.23. The molecule has 0 spiro atoms. The summed E-state index contributed by atoms with van der Waals surface area (Å²) in [5.41, 5.74) is 3.00. The highest BCUT2D eigenvalue weighted by atomic mass is 35.5. The number of nitrogens with zero attached hydrogens (tertiary/aromatic N) is 1. The molecule has 1 amide bonds. The van der Waals surface area contributed by atoms with Crippen molar-refractivity contribution in [2.24, 2.45) is 5.92 Å². The van der Waals surface area contributed by atoms with Gasteiger partial charge in [0.1, 0.15) is 17.2 Å². The summed E-state index contributed by atoms with van der Waals surface area (Å²) in [7, 11) is 0. The molecule has 1 saturated heterocycles. The van der Waals surface area contributed by atoms with Crippen molar-refractivity contribution in [3.63, 3.8) is 0 Å². The first-order chi connectivity index (χ1) is 23.2. The molecule has 0 N–H and O–H groups in total. The van der Waals surface area contributed by atoms with E-state index in [1.165, 1.54) is 47.4 Å². The van der Waals surface area contributed by atoms with Crippen LogP contribution >= 0.6 is 23.2 Å². The highest BCUT2D eigenvalue weighted by molar-refractivity contribution is 6.36. The molecule has 0 aliphatic carbocycles. The third-order valence-corrected chi connectivity index (χ3v) is 8.24. The summed E-state index contributed by atoms with van der Waals surface area (Å²) in [6.45, 7) is -0.375. The number of anilines is 1. The number of halogens is 2. The van der Waals surface area contributed by atoms with Crippen LogP contribution in [0.3, 0.4) is 0 Å². The van der Waals surface area contributed by atoms with Crippen LogP contribution in [0.25, 0.3) is 11.1 Å². The van der Waals surface area contributed by atoms with Crippen LogP contribution in [0.2, 0.25) is 10.0 Å². The lowest BCUT2D eigenvalue weighted by molar-refractivity contribution is -0.147. The maximum Gasteiger partial charge on any atom is 0.345 e. The fraction of sp³-hybridized carbons (Fsp3) is 0.105. The van der Waals surface area contributed by atoms with Crippen molar-refractivity contribution in [3.05, 3.63) is 142 Å². The Labute approximate surface area is 286 Å². The Bertz CT molecular complexity index is 1980. The summed E-state index contributed by atoms with van der Waals surface area (Å²) in [5, 5.41) is 0.535. The van der Waals surface area contributed by atoms with Gasteiger partial charge in [0.25, 0.3) is 0 Å². The maximum absolute atomic E-state index is 12.8. The van der Waals surface area contributed by atoms with Crippen LogP contribution in [0, 0.1) is 5.92 Å². The molecule has 0 aromatic heterocycles. The van der Waals surface area contributed by atoms with Crippen molar-refractivity contribution < 1.29 is 33.4 Å². The van der Waals surface area contributed by atoms with Gasteiger partial charge in [-0.1, -0.05) is 71.7 Å². The van der Waals surface area contributed by atoms with Crippen LogP contribution in [0.4, 0.5) is 5.69 Å². The number of rotatable bonds is 10. The van der Waals surface area contributed by atoms with Gasteiger partial charge in [-0.25, -0.2) is 4.79 Å². The molecule has 5 aromatic carbocycles. The summed E-state index contributed by atoms with van der Waals surface area (Å²) >= 11 is 11.9. The molecule has 1 heterocycles. The van der Waals surface area contributed by atoms with Crippen molar-refractivity contribution in [2.75, 3.05) is 18.1 Å². The quantitative estimate of drug-likeness (QED) is 0.0829. The molecule has 1 aliphatic rings. The predicted molar refractivity (Wildman–Crippen MR) is 182 cm³/mol. The van der Waals surface area contributed by atoms with E-state index in [4.69, 9.17) is 37.4 Å². The lowest BCUT2D eigenvalue weighted by atomic mass is 10.0. The average Bonchev–Trinajstić information content (AvgIpc) is 3.49. The zero-order chi connectivity index (χ0) is 33.6. The van der Waals surface area contributed by atoms with Crippen LogP contribution in [-0.2, 0) is 14.3 Å². The highest BCUT2D eigenvalue weighted by Crippen LogP contribution is 2.34. The van der Waals surface area contributed by atoms with Gasteiger partial charge < -0.3 is 19.1 Å². The molecule has 1 aliphatic heterocycles. The molecule has 240 valence electrons. The number of carbonyl (C=O) groups excluding carboxylic acids is 4. The first-order valence-corrected chi connectivity index (χ1v) is 15.7. The Balaban J connectivity index is 1.01. The smallest absolute Gasteiger partial charge is 0.345 e. The van der Waals surface area contributed by atoms with E-state index in [0.29, 0.717) is 22.2 Å². The third kappa shape index (κ3) is 7.57. The monoisotopic (exact) mass is 679 g/mol. The Hall–Kier alpha value is -5.44. The van der Waals surface area contributed by atoms with E-state index in [0.717, 1.165) is 11.1 Å². The van der Waals surface area contributed by atoms with Crippen molar-refractivity contribution in [2.45, 2.75) is 6.42 Å². The largest absolute Gasteiger partial charge is 0.457 e. The van der Waals surface area contributed by atoms with Gasteiger partial charge in [-0.2, -0.15) is 0 Å². The number of hydrogen-bond donors (Lipinski definition) is 0. The number of hydrogen-bond acceptors (Lipinski definition) is 7. The first kappa shape index (κ1) is 32.5. The maximum atomic E-state index is 12.8. The predicted octanol–water partition coefficient (Wildman–Crippen LogP) is 8.45. The number of benzene rings is 5. The van der Waals surface area contributed by atoms with E-state index in [-0.39, 0.29) is 40.8 Å². The number of Topliss-reactive ketones (excluding diaryl/α,β-unsaturated/α-hetero) is 1. The van der Waals surface area contributed by atoms with Gasteiger partial charge in [0, 0.05) is 34.8 Å². The second kappa shape index (κ2) is 14.5. The molecule has 5 aromatic rings. The van der Waals surface area contributed by atoms with Gasteiger partial charge in [0.15, 0.2) is 12.4 Å². The van der Waals surface area contributed by atoms with Crippen LogP contribution < -0.4 is 14.4 Å². The molecule has 1 atom stereocenters. The van der Waals surface area contributed by atoms with Gasteiger partial charge in [-0.05, 0) is 78.4 Å². The summed E-state index contributed by atoms with van der Waals surface area (Å²) < 4.78 is 16.8. The van der Waals surface area contributed by atoms with E-state index < -0.39 is 30.2 Å². The summed E-state index contributed by atoms with van der Waals surface area (Å²) in [6, 6.07) is 35.0. The van der Waals surface area contributed by atoms with Crippen LogP contribution in [0.1, 0.15) is 27.1 Å². The molecule has 1 fully saturated rings. The Morgan fingerprint density at radius 2 is 1.46 bits per heavy atom. The molecule has 0 bridgehead atoms. The van der Waals surface area contributed by atoms with Gasteiger partial charge in [-0.15, -0.1) is 0 Å². The molecule has 0 unspecified atom stereocenters. The zero-order valence-electron chi connectivity index (χ0n) is 25.3. The normalized spacial score (nSPS) is 14.0. The fourth-order valence-electron chi connectivity index (χ4n) is 5.21. The third-order valence-electron chi connectivity index (χ3n) is 7.69. The number of ketones is 1. The molecular weight excluding hydrogens is 653 g/mol. The molecule has 48 heavy (non-hydrogen) atoms.